The van der Waals surface area contributed by atoms with Crippen molar-refractivity contribution in [2.75, 3.05) is 7.11 Å². The fraction of sp³-hybridized carbons (Fsp3) is 0.600. The van der Waals surface area contributed by atoms with Crippen LogP contribution in [0.3, 0.4) is 0 Å². The van der Waals surface area contributed by atoms with Crippen molar-refractivity contribution in [1.82, 2.24) is 0 Å². The molecule has 0 rings (SSSR count). The molecule has 0 aromatic heterocycles. The smallest absolute Gasteiger partial charge is 0.335 e. The number of nitrogens with two attached hydrogens (primary N) is 2. The summed E-state index contributed by atoms with van der Waals surface area (Å²) in [6, 6.07) is 0. The van der Waals surface area contributed by atoms with Gasteiger partial charge in [-0.2, -0.15) is 0 Å². The van der Waals surface area contributed by atoms with Crippen LogP contribution in [0.2, 0.25) is 0 Å². The minimum atomic E-state index is -1.71. The number of halogens is 1. The van der Waals surface area contributed by atoms with Gasteiger partial charge in [0.1, 0.15) is 0 Å². The molecule has 0 aliphatic rings. The summed E-state index contributed by atoms with van der Waals surface area (Å²) >= 11 is 0. The van der Waals surface area contributed by atoms with E-state index >= 15 is 0 Å². The molecule has 0 radical (unpaired) electrons. The van der Waals surface area contributed by atoms with Crippen LogP contribution in [0.5, 0.6) is 0 Å². The summed E-state index contributed by atoms with van der Waals surface area (Å²) in [6.07, 6.45) is 0. The van der Waals surface area contributed by atoms with Crippen molar-refractivity contribution in [2.45, 2.75) is 12.5 Å². The van der Waals surface area contributed by atoms with Crippen LogP contribution in [-0.4, -0.2) is 24.5 Å². The number of methoxy groups -OCH3 is 1. The number of amides is 1. The van der Waals surface area contributed by atoms with Crippen LogP contribution in [0.15, 0.2) is 0 Å². The first-order valence-corrected chi connectivity index (χ1v) is 2.60. The number of carbonyl (C=O) groups is 2. The highest BCUT2D eigenvalue weighted by Crippen LogP contribution is 1.98. The van der Waals surface area contributed by atoms with Crippen LogP contribution in [0.1, 0.15) is 6.92 Å². The third kappa shape index (κ3) is 2.73. The number of esters is 1. The molecule has 0 spiro atoms. The second-order valence-electron chi connectivity index (χ2n) is 2.06. The highest BCUT2D eigenvalue weighted by Gasteiger charge is 2.35. The first-order valence-electron chi connectivity index (χ1n) is 2.60. The van der Waals surface area contributed by atoms with Crippen molar-refractivity contribution in [1.29, 1.82) is 0 Å². The zero-order chi connectivity index (χ0) is 8.36. The molecule has 4 N–H and O–H groups in total. The van der Waals surface area contributed by atoms with Crippen molar-refractivity contribution < 1.29 is 14.3 Å². The average molecular weight is 183 g/mol. The highest BCUT2D eigenvalue weighted by molar-refractivity contribution is 6.05. The van der Waals surface area contributed by atoms with Crippen LogP contribution < -0.4 is 11.5 Å². The molecule has 0 bridgehead atoms. The number of hydrogen-bond acceptors (Lipinski definition) is 4. The zero-order valence-electron chi connectivity index (χ0n) is 6.29. The van der Waals surface area contributed by atoms with Gasteiger partial charge < -0.3 is 16.2 Å². The lowest BCUT2D eigenvalue weighted by Crippen LogP contribution is -2.56. The Hall–Kier alpha value is -0.810. The summed E-state index contributed by atoms with van der Waals surface area (Å²) in [4.78, 5) is 21.0. The van der Waals surface area contributed by atoms with E-state index in [-0.39, 0.29) is 12.4 Å². The largest absolute Gasteiger partial charge is 0.467 e. The Kier molecular flexibility index (Phi) is 4.84. The molecule has 0 aromatic carbocycles. The normalized spacial score (nSPS) is 14.1. The van der Waals surface area contributed by atoms with Crippen LogP contribution >= 0.6 is 12.4 Å². The van der Waals surface area contributed by atoms with E-state index in [4.69, 9.17) is 11.5 Å². The Morgan fingerprint density at radius 3 is 1.91 bits per heavy atom. The quantitative estimate of drug-likeness (QED) is 0.414. The minimum absolute atomic E-state index is 0. The Balaban J connectivity index is 0. The van der Waals surface area contributed by atoms with Gasteiger partial charge in [-0.15, -0.1) is 12.4 Å². The van der Waals surface area contributed by atoms with Gasteiger partial charge in [-0.1, -0.05) is 0 Å². The molecule has 6 heteroatoms. The second kappa shape index (κ2) is 4.15. The molecule has 1 atom stereocenters. The van der Waals surface area contributed by atoms with Gasteiger partial charge in [-0.25, -0.2) is 4.79 Å². The number of hydrogen-bond donors (Lipinski definition) is 2. The third-order valence-corrected chi connectivity index (χ3v) is 1.12. The van der Waals surface area contributed by atoms with Crippen molar-refractivity contribution >= 4 is 24.3 Å². The summed E-state index contributed by atoms with van der Waals surface area (Å²) in [5.41, 5.74) is 8.23. The molecule has 66 valence electrons. The summed E-state index contributed by atoms with van der Waals surface area (Å²) in [5, 5.41) is 0. The van der Waals surface area contributed by atoms with Gasteiger partial charge >= 0.3 is 5.97 Å². The highest BCUT2D eigenvalue weighted by atomic mass is 35.5. The van der Waals surface area contributed by atoms with Gasteiger partial charge in [0.15, 0.2) is 5.54 Å². The second-order valence-corrected chi connectivity index (χ2v) is 2.06. The van der Waals surface area contributed by atoms with E-state index in [2.05, 4.69) is 4.74 Å². The average Bonchev–Trinajstić information content (AvgIpc) is 1.86. The summed E-state index contributed by atoms with van der Waals surface area (Å²) in [5.74, 6) is -1.74. The van der Waals surface area contributed by atoms with E-state index in [9.17, 15) is 9.59 Å². The van der Waals surface area contributed by atoms with Crippen LogP contribution in [0.25, 0.3) is 0 Å². The molecule has 0 saturated carbocycles. The number of ether oxygens (including phenoxy) is 1. The molecule has 11 heavy (non-hydrogen) atoms. The Morgan fingerprint density at radius 2 is 1.82 bits per heavy atom. The van der Waals surface area contributed by atoms with Gasteiger partial charge in [-0.05, 0) is 6.92 Å². The van der Waals surface area contributed by atoms with E-state index in [1.807, 2.05) is 0 Å². The van der Waals surface area contributed by atoms with Gasteiger partial charge in [0.2, 0.25) is 5.91 Å². The fourth-order valence-electron chi connectivity index (χ4n) is 0.313. The summed E-state index contributed by atoms with van der Waals surface area (Å²) in [7, 11) is 1.14. The molecular formula is C5H11ClN2O3. The van der Waals surface area contributed by atoms with E-state index in [1.165, 1.54) is 6.92 Å². The van der Waals surface area contributed by atoms with E-state index in [0.29, 0.717) is 0 Å². The fourth-order valence-corrected chi connectivity index (χ4v) is 0.313. The van der Waals surface area contributed by atoms with Crippen LogP contribution in [0.4, 0.5) is 0 Å². The monoisotopic (exact) mass is 182 g/mol. The first kappa shape index (κ1) is 12.8. The van der Waals surface area contributed by atoms with Crippen molar-refractivity contribution in [3.63, 3.8) is 0 Å². The topological polar surface area (TPSA) is 95.4 Å². The number of carbonyl (C=O) groups excluding carboxylic acids is 2. The lowest BCUT2D eigenvalue weighted by Gasteiger charge is -2.15. The third-order valence-electron chi connectivity index (χ3n) is 1.12. The molecule has 0 aromatic rings. The Morgan fingerprint density at radius 1 is 1.45 bits per heavy atom. The van der Waals surface area contributed by atoms with Gasteiger partial charge in [0.05, 0.1) is 7.11 Å². The Bertz CT molecular complexity index is 169. The van der Waals surface area contributed by atoms with Gasteiger partial charge in [0.25, 0.3) is 0 Å². The van der Waals surface area contributed by atoms with E-state index in [1.54, 1.807) is 0 Å². The molecule has 0 aliphatic heterocycles. The van der Waals surface area contributed by atoms with Crippen molar-refractivity contribution in [3.05, 3.63) is 0 Å². The van der Waals surface area contributed by atoms with Gasteiger partial charge in [0, 0.05) is 0 Å². The molecule has 0 fully saturated rings. The maximum atomic E-state index is 10.6. The van der Waals surface area contributed by atoms with E-state index in [0.717, 1.165) is 7.11 Å². The zero-order valence-corrected chi connectivity index (χ0v) is 7.10. The van der Waals surface area contributed by atoms with Gasteiger partial charge in [-0.3, -0.25) is 4.79 Å². The lowest BCUT2D eigenvalue weighted by atomic mass is 10.0. The minimum Gasteiger partial charge on any atom is -0.467 e. The van der Waals surface area contributed by atoms with Crippen LogP contribution in [-0.2, 0) is 14.3 Å². The predicted molar refractivity (Wildman–Crippen MR) is 41.1 cm³/mol. The standard InChI is InChI=1S/C5H10N2O3.ClH/c1-5(7,3(6)8)4(9)10-2;/h7H2,1-2H3,(H2,6,8);1H/t5-;/m1./s1. The molecule has 0 unspecified atom stereocenters. The molecule has 5 nitrogen and oxygen atoms in total. The molecule has 0 saturated heterocycles. The van der Waals surface area contributed by atoms with E-state index < -0.39 is 17.4 Å². The number of rotatable bonds is 2. The lowest BCUT2D eigenvalue weighted by molar-refractivity contribution is -0.150. The predicted octanol–water partition coefficient (Wildman–Crippen LogP) is -1.22. The SMILES string of the molecule is COC(=O)[C@](C)(N)C(N)=O.Cl. The molecule has 1 amide bonds. The summed E-state index contributed by atoms with van der Waals surface area (Å²) in [6.45, 7) is 1.20. The maximum absolute atomic E-state index is 10.6. The van der Waals surface area contributed by atoms with Crippen molar-refractivity contribution in [2.24, 2.45) is 11.5 Å². The number of primary amides is 1. The molecule has 0 aliphatic carbocycles. The van der Waals surface area contributed by atoms with Crippen LogP contribution in [0, 0.1) is 0 Å². The van der Waals surface area contributed by atoms with Crippen molar-refractivity contribution in [3.8, 4) is 0 Å². The summed E-state index contributed by atoms with van der Waals surface area (Å²) < 4.78 is 4.21. The maximum Gasteiger partial charge on any atom is 0.335 e. The molecule has 0 heterocycles. The molecular weight excluding hydrogens is 172 g/mol. The Labute approximate surface area is 70.5 Å². The first-order chi connectivity index (χ1) is 4.42.